The van der Waals surface area contributed by atoms with Crippen molar-refractivity contribution in [3.05, 3.63) is 0 Å². The topological polar surface area (TPSA) is 81.7 Å². The molecule has 1 heterocycles. The van der Waals surface area contributed by atoms with Crippen molar-refractivity contribution in [3.8, 4) is 0 Å². The van der Waals surface area contributed by atoms with Crippen LogP contribution in [0, 0.1) is 11.8 Å². The number of carbonyl (C=O) groups is 2. The van der Waals surface area contributed by atoms with Gasteiger partial charge in [-0.15, -0.1) is 0 Å². The monoisotopic (exact) mass is 271 g/mol. The van der Waals surface area contributed by atoms with Crippen molar-refractivity contribution in [2.24, 2.45) is 11.8 Å². The lowest BCUT2D eigenvalue weighted by molar-refractivity contribution is -0.140. The van der Waals surface area contributed by atoms with E-state index in [0.29, 0.717) is 18.9 Å². The summed E-state index contributed by atoms with van der Waals surface area (Å²) in [6.07, 6.45) is 1.79. The van der Waals surface area contributed by atoms with Gasteiger partial charge in [-0.1, -0.05) is 20.3 Å². The Morgan fingerprint density at radius 1 is 1.47 bits per heavy atom. The first-order valence-corrected chi connectivity index (χ1v) is 6.89. The van der Waals surface area contributed by atoms with Gasteiger partial charge in [-0.2, -0.15) is 0 Å². The molecule has 1 rings (SSSR count). The Morgan fingerprint density at radius 2 is 2.16 bits per heavy atom. The minimum absolute atomic E-state index is 0.0825. The third-order valence-electron chi connectivity index (χ3n) is 3.81. The minimum Gasteiger partial charge on any atom is -0.480 e. The van der Waals surface area contributed by atoms with Gasteiger partial charge in [-0.25, -0.2) is 9.59 Å². The van der Waals surface area contributed by atoms with E-state index in [-0.39, 0.29) is 11.9 Å². The summed E-state index contributed by atoms with van der Waals surface area (Å²) < 4.78 is 0. The molecule has 6 heteroatoms. The number of carbonyl (C=O) groups excluding carboxylic acids is 1. The zero-order chi connectivity index (χ0) is 14.4. The summed E-state index contributed by atoms with van der Waals surface area (Å²) in [6, 6.07) is -1.21. The van der Waals surface area contributed by atoms with Crippen LogP contribution in [0.25, 0.3) is 0 Å². The molecule has 0 aromatic rings. The number of carboxylic acid groups (broad SMARTS) is 1. The second-order valence-electron chi connectivity index (χ2n) is 5.47. The first kappa shape index (κ1) is 15.8. The first-order chi connectivity index (χ1) is 8.93. The number of likely N-dealkylation sites (tertiary alicyclic amines) is 1. The molecule has 6 nitrogen and oxygen atoms in total. The van der Waals surface area contributed by atoms with Crippen LogP contribution in [-0.4, -0.2) is 54.7 Å². The maximum atomic E-state index is 11.7. The molecule has 0 aliphatic carbocycles. The van der Waals surface area contributed by atoms with Crippen LogP contribution in [0.4, 0.5) is 4.79 Å². The van der Waals surface area contributed by atoms with Crippen LogP contribution < -0.4 is 10.6 Å². The highest BCUT2D eigenvalue weighted by Crippen LogP contribution is 2.13. The second-order valence-corrected chi connectivity index (χ2v) is 5.47. The van der Waals surface area contributed by atoms with Gasteiger partial charge in [0.2, 0.25) is 0 Å². The number of aliphatic carboxylic acids is 1. The lowest BCUT2D eigenvalue weighted by Crippen LogP contribution is -2.49. The third-order valence-corrected chi connectivity index (χ3v) is 3.81. The molecule has 0 saturated carbocycles. The van der Waals surface area contributed by atoms with E-state index in [0.717, 1.165) is 19.5 Å². The van der Waals surface area contributed by atoms with E-state index in [4.69, 9.17) is 5.11 Å². The molecule has 3 N–H and O–H groups in total. The van der Waals surface area contributed by atoms with Crippen molar-refractivity contribution < 1.29 is 14.7 Å². The van der Waals surface area contributed by atoms with E-state index in [2.05, 4.69) is 22.6 Å². The summed E-state index contributed by atoms with van der Waals surface area (Å²) in [4.78, 5) is 25.0. The summed E-state index contributed by atoms with van der Waals surface area (Å²) in [7, 11) is 2.06. The van der Waals surface area contributed by atoms with E-state index < -0.39 is 12.0 Å². The molecule has 0 aromatic carbocycles. The maximum absolute atomic E-state index is 11.7. The van der Waals surface area contributed by atoms with Crippen molar-refractivity contribution in [1.29, 1.82) is 0 Å². The summed E-state index contributed by atoms with van der Waals surface area (Å²) in [5, 5.41) is 14.4. The molecule has 2 amide bonds. The van der Waals surface area contributed by atoms with Gasteiger partial charge in [-0.05, 0) is 31.8 Å². The molecule has 1 unspecified atom stereocenters. The normalized spacial score (nSPS) is 22.8. The van der Waals surface area contributed by atoms with Gasteiger partial charge < -0.3 is 20.6 Å². The van der Waals surface area contributed by atoms with Gasteiger partial charge in [0.1, 0.15) is 6.04 Å². The highest BCUT2D eigenvalue weighted by molar-refractivity contribution is 5.82. The average molecular weight is 271 g/mol. The van der Waals surface area contributed by atoms with Crippen LogP contribution in [-0.2, 0) is 4.79 Å². The number of amides is 2. The van der Waals surface area contributed by atoms with Crippen molar-refractivity contribution in [1.82, 2.24) is 15.5 Å². The maximum Gasteiger partial charge on any atom is 0.326 e. The van der Waals surface area contributed by atoms with Crippen molar-refractivity contribution >= 4 is 12.0 Å². The van der Waals surface area contributed by atoms with Gasteiger partial charge in [0, 0.05) is 13.1 Å². The number of nitrogens with zero attached hydrogens (tertiary/aromatic N) is 1. The number of hydrogen-bond acceptors (Lipinski definition) is 3. The van der Waals surface area contributed by atoms with Gasteiger partial charge in [0.25, 0.3) is 0 Å². The van der Waals surface area contributed by atoms with Crippen LogP contribution in [0.5, 0.6) is 0 Å². The van der Waals surface area contributed by atoms with E-state index >= 15 is 0 Å². The molecule has 0 aromatic heterocycles. The fourth-order valence-corrected chi connectivity index (χ4v) is 2.31. The molecule has 3 atom stereocenters. The van der Waals surface area contributed by atoms with Crippen molar-refractivity contribution in [2.45, 2.75) is 32.7 Å². The highest BCUT2D eigenvalue weighted by Gasteiger charge is 2.26. The van der Waals surface area contributed by atoms with Gasteiger partial charge in [0.05, 0.1) is 0 Å². The number of nitrogens with one attached hydrogen (secondary N) is 2. The second kappa shape index (κ2) is 7.33. The molecule has 110 valence electrons. The quantitative estimate of drug-likeness (QED) is 0.665. The van der Waals surface area contributed by atoms with Crippen LogP contribution in [0.2, 0.25) is 0 Å². The number of hydrogen-bond donors (Lipinski definition) is 3. The highest BCUT2D eigenvalue weighted by atomic mass is 16.4. The predicted molar refractivity (Wildman–Crippen MR) is 73.0 cm³/mol. The molecule has 1 saturated heterocycles. The zero-order valence-electron chi connectivity index (χ0n) is 12.0. The molecule has 19 heavy (non-hydrogen) atoms. The van der Waals surface area contributed by atoms with Crippen LogP contribution in [0.3, 0.4) is 0 Å². The first-order valence-electron chi connectivity index (χ1n) is 6.89. The molecular formula is C13H25N3O3. The molecule has 1 aliphatic heterocycles. The summed E-state index contributed by atoms with van der Waals surface area (Å²) in [6.45, 7) is 6.37. The molecule has 1 aliphatic rings. The average Bonchev–Trinajstić information content (AvgIpc) is 2.78. The largest absolute Gasteiger partial charge is 0.480 e. The van der Waals surface area contributed by atoms with E-state index in [1.807, 2.05) is 13.8 Å². The summed E-state index contributed by atoms with van der Waals surface area (Å²) in [5.74, 6) is -0.603. The van der Waals surface area contributed by atoms with E-state index in [9.17, 15) is 9.59 Å². The van der Waals surface area contributed by atoms with Gasteiger partial charge in [-0.3, -0.25) is 0 Å². The Bertz CT molecular complexity index is 322. The Morgan fingerprint density at radius 3 is 2.63 bits per heavy atom. The van der Waals surface area contributed by atoms with E-state index in [1.54, 1.807) is 0 Å². The van der Waals surface area contributed by atoms with Crippen LogP contribution in [0.1, 0.15) is 26.7 Å². The predicted octanol–water partition coefficient (Wildman–Crippen LogP) is 0.737. The smallest absolute Gasteiger partial charge is 0.326 e. The van der Waals surface area contributed by atoms with Crippen LogP contribution >= 0.6 is 0 Å². The standard InChI is InChI=1S/C13H25N3O3/c1-4-9(2)11(12(17)18)15-13(19)14-7-10-5-6-16(3)8-10/h9-11H,4-8H2,1-3H3,(H,17,18)(H2,14,15,19)/t9-,10?,11-/m0/s1. The van der Waals surface area contributed by atoms with Gasteiger partial charge in [0.15, 0.2) is 0 Å². The number of urea groups is 1. The molecular weight excluding hydrogens is 246 g/mol. The Kier molecular flexibility index (Phi) is 6.08. The fourth-order valence-electron chi connectivity index (χ4n) is 2.31. The Labute approximate surface area is 114 Å². The molecule has 0 bridgehead atoms. The van der Waals surface area contributed by atoms with E-state index in [1.165, 1.54) is 0 Å². The molecule has 1 fully saturated rings. The lowest BCUT2D eigenvalue weighted by atomic mass is 9.99. The summed E-state index contributed by atoms with van der Waals surface area (Å²) >= 11 is 0. The SMILES string of the molecule is CC[C@H](C)[C@H](NC(=O)NCC1CCN(C)C1)C(=O)O. The Hall–Kier alpha value is -1.30. The molecule has 0 radical (unpaired) electrons. The van der Waals surface area contributed by atoms with Crippen LogP contribution in [0.15, 0.2) is 0 Å². The van der Waals surface area contributed by atoms with Crippen molar-refractivity contribution in [3.63, 3.8) is 0 Å². The Balaban J connectivity index is 2.34. The fraction of sp³-hybridized carbons (Fsp3) is 0.846. The summed E-state index contributed by atoms with van der Waals surface area (Å²) in [5.41, 5.74) is 0. The molecule has 0 spiro atoms. The third kappa shape index (κ3) is 5.06. The number of rotatable bonds is 6. The zero-order valence-corrected chi connectivity index (χ0v) is 12.0. The van der Waals surface area contributed by atoms with Gasteiger partial charge >= 0.3 is 12.0 Å². The minimum atomic E-state index is -0.981. The van der Waals surface area contributed by atoms with Crippen molar-refractivity contribution in [2.75, 3.05) is 26.7 Å². The number of carboxylic acids is 1. The lowest BCUT2D eigenvalue weighted by Gasteiger charge is -2.21.